The van der Waals surface area contributed by atoms with Crippen molar-refractivity contribution in [3.05, 3.63) is 36.5 Å². The van der Waals surface area contributed by atoms with Crippen molar-refractivity contribution in [3.63, 3.8) is 0 Å². The number of carbonyl (C=O) groups is 1. The van der Waals surface area contributed by atoms with Crippen molar-refractivity contribution < 1.29 is 35.7 Å². The normalized spacial score (nSPS) is 16.1. The van der Waals surface area contributed by atoms with Gasteiger partial charge in [0.05, 0.1) is 22.6 Å². The summed E-state index contributed by atoms with van der Waals surface area (Å²) in [6.07, 6.45) is 0.908. The van der Waals surface area contributed by atoms with Crippen LogP contribution in [0.2, 0.25) is 0 Å². The minimum absolute atomic E-state index is 0.0244. The number of fused-ring (bicyclic) bond motifs is 2. The molecule has 4 aromatic heterocycles. The smallest absolute Gasteiger partial charge is 0.456 e. The van der Waals surface area contributed by atoms with Gasteiger partial charge in [0.1, 0.15) is 11.2 Å². The summed E-state index contributed by atoms with van der Waals surface area (Å²) in [4.78, 5) is 25.3. The van der Waals surface area contributed by atoms with E-state index in [4.69, 9.17) is 4.74 Å². The van der Waals surface area contributed by atoms with Gasteiger partial charge in [-0.3, -0.25) is 13.4 Å². The Bertz CT molecular complexity index is 1580. The predicted molar refractivity (Wildman–Crippen MR) is 124 cm³/mol. The Kier molecular flexibility index (Phi) is 6.11. The number of hydrogen-bond acceptors (Lipinski definition) is 7. The predicted octanol–water partition coefficient (Wildman–Crippen LogP) is 3.43. The summed E-state index contributed by atoms with van der Waals surface area (Å²) < 4.78 is 84.9. The molecule has 0 aliphatic heterocycles. The molecular weight excluding hydrogens is 537 g/mol. The van der Waals surface area contributed by atoms with Gasteiger partial charge in [0.25, 0.3) is 5.91 Å². The minimum atomic E-state index is -5.80. The average Bonchev–Trinajstić information content (AvgIpc) is 3.26. The molecule has 4 heterocycles. The third kappa shape index (κ3) is 4.46. The number of halogens is 5. The van der Waals surface area contributed by atoms with Crippen LogP contribution in [-0.4, -0.2) is 69.1 Å². The van der Waals surface area contributed by atoms with Crippen LogP contribution < -0.4 is 10.1 Å². The first kappa shape index (κ1) is 25.9. The first-order valence-corrected chi connectivity index (χ1v) is 12.7. The van der Waals surface area contributed by atoms with Crippen molar-refractivity contribution in [3.8, 4) is 17.3 Å². The van der Waals surface area contributed by atoms with Crippen LogP contribution in [0.25, 0.3) is 22.6 Å². The number of amides is 1. The standard InChI is InChI=1S/C22H20F5N7O3S/c1-3-38(36)19-14(16-28-7-4-12(34(16)32-19)17(35)31-20(2)5-6-20)15-30-10-13-18(29-8-9-33(13)15)37-11-21(23,24)22(25,26)27/h4,7-10H,3,5-6,11H2,1-2H3,(H,31,35). The maximum atomic E-state index is 13.4. The second-order valence-electron chi connectivity index (χ2n) is 8.95. The lowest BCUT2D eigenvalue weighted by Crippen LogP contribution is -2.41. The summed E-state index contributed by atoms with van der Waals surface area (Å²) in [7, 11) is -1.65. The van der Waals surface area contributed by atoms with Gasteiger partial charge >= 0.3 is 12.1 Å². The van der Waals surface area contributed by atoms with Crippen LogP contribution in [0.4, 0.5) is 22.0 Å². The molecule has 38 heavy (non-hydrogen) atoms. The van der Waals surface area contributed by atoms with Crippen molar-refractivity contribution in [2.24, 2.45) is 0 Å². The molecule has 1 aliphatic carbocycles. The monoisotopic (exact) mass is 557 g/mol. The fourth-order valence-corrected chi connectivity index (χ4v) is 4.54. The number of nitrogens with zero attached hydrogens (tertiary/aromatic N) is 6. The molecule has 0 bridgehead atoms. The van der Waals surface area contributed by atoms with Crippen LogP contribution in [0.15, 0.2) is 35.9 Å². The summed E-state index contributed by atoms with van der Waals surface area (Å²) in [6, 6.07) is 1.46. The van der Waals surface area contributed by atoms with Gasteiger partial charge in [-0.25, -0.2) is 19.5 Å². The quantitative estimate of drug-likeness (QED) is 0.330. The summed E-state index contributed by atoms with van der Waals surface area (Å²) in [5.41, 5.74) is 0.137. The van der Waals surface area contributed by atoms with Gasteiger partial charge in [-0.15, -0.1) is 0 Å². The molecule has 1 aliphatic rings. The molecule has 202 valence electrons. The zero-order valence-corrected chi connectivity index (χ0v) is 20.7. The molecule has 1 amide bonds. The molecule has 0 radical (unpaired) electrons. The van der Waals surface area contributed by atoms with E-state index in [9.17, 15) is 31.0 Å². The highest BCUT2D eigenvalue weighted by atomic mass is 32.2. The van der Waals surface area contributed by atoms with Gasteiger partial charge in [0, 0.05) is 29.9 Å². The highest BCUT2D eigenvalue weighted by molar-refractivity contribution is 7.85. The fourth-order valence-electron chi connectivity index (χ4n) is 3.68. The SMILES string of the molecule is CCS(=O)c1nn2c(C(=O)NC3(C)CC3)ccnc2c1-c1ncc2c(OCC(F)(F)C(F)(F)F)nccn12. The molecule has 1 atom stereocenters. The number of ether oxygens (including phenoxy) is 1. The van der Waals surface area contributed by atoms with Crippen LogP contribution in [0.5, 0.6) is 5.88 Å². The van der Waals surface area contributed by atoms with Crippen LogP contribution in [0, 0.1) is 0 Å². The van der Waals surface area contributed by atoms with Gasteiger partial charge in [0.2, 0.25) is 5.88 Å². The second kappa shape index (κ2) is 8.96. The molecule has 5 rings (SSSR count). The molecule has 4 aromatic rings. The van der Waals surface area contributed by atoms with E-state index in [1.165, 1.54) is 27.4 Å². The van der Waals surface area contributed by atoms with Gasteiger partial charge < -0.3 is 10.1 Å². The third-order valence-electron chi connectivity index (χ3n) is 6.06. The van der Waals surface area contributed by atoms with E-state index < -0.39 is 41.3 Å². The molecule has 16 heteroatoms. The van der Waals surface area contributed by atoms with Gasteiger partial charge in [0.15, 0.2) is 23.1 Å². The van der Waals surface area contributed by atoms with E-state index in [0.717, 1.165) is 25.2 Å². The van der Waals surface area contributed by atoms with E-state index in [2.05, 4.69) is 25.4 Å². The van der Waals surface area contributed by atoms with Gasteiger partial charge in [-0.1, -0.05) is 6.92 Å². The zero-order chi connectivity index (χ0) is 27.5. The Morgan fingerprint density at radius 3 is 2.58 bits per heavy atom. The molecule has 1 saturated carbocycles. The van der Waals surface area contributed by atoms with Crippen LogP contribution >= 0.6 is 0 Å². The highest BCUT2D eigenvalue weighted by Crippen LogP contribution is 2.37. The number of rotatable bonds is 8. The molecule has 1 N–H and O–H groups in total. The Morgan fingerprint density at radius 2 is 1.92 bits per heavy atom. The maximum absolute atomic E-state index is 13.4. The Morgan fingerprint density at radius 1 is 1.18 bits per heavy atom. The fraction of sp³-hybridized carbons (Fsp3) is 0.409. The Hall–Kier alpha value is -3.69. The second-order valence-corrected chi connectivity index (χ2v) is 10.6. The third-order valence-corrected chi connectivity index (χ3v) is 7.31. The van der Waals surface area contributed by atoms with E-state index >= 15 is 0 Å². The Labute approximate surface area is 213 Å². The largest absolute Gasteiger partial charge is 0.469 e. The van der Waals surface area contributed by atoms with Crippen LogP contribution in [-0.2, 0) is 10.8 Å². The summed E-state index contributed by atoms with van der Waals surface area (Å²) >= 11 is 0. The number of aromatic nitrogens is 6. The topological polar surface area (TPSA) is 116 Å². The minimum Gasteiger partial charge on any atom is -0.469 e. The lowest BCUT2D eigenvalue weighted by Gasteiger charge is -2.19. The van der Waals surface area contributed by atoms with Gasteiger partial charge in [-0.2, -0.15) is 27.1 Å². The number of alkyl halides is 5. The zero-order valence-electron chi connectivity index (χ0n) is 19.9. The maximum Gasteiger partial charge on any atom is 0.456 e. The lowest BCUT2D eigenvalue weighted by atomic mass is 10.2. The molecule has 0 saturated heterocycles. The van der Waals surface area contributed by atoms with Crippen molar-refractivity contribution in [1.29, 1.82) is 0 Å². The van der Waals surface area contributed by atoms with Crippen molar-refractivity contribution in [2.75, 3.05) is 12.4 Å². The van der Waals surface area contributed by atoms with Crippen molar-refractivity contribution >= 4 is 27.9 Å². The van der Waals surface area contributed by atoms with E-state index in [1.54, 1.807) is 6.92 Å². The number of carbonyl (C=O) groups excluding carboxylic acids is 1. The molecule has 1 unspecified atom stereocenters. The first-order valence-electron chi connectivity index (χ1n) is 11.3. The van der Waals surface area contributed by atoms with Crippen molar-refractivity contribution in [2.45, 2.75) is 49.4 Å². The van der Waals surface area contributed by atoms with Crippen molar-refractivity contribution in [1.82, 2.24) is 34.3 Å². The summed E-state index contributed by atoms with van der Waals surface area (Å²) in [5.74, 6) is -5.76. The van der Waals surface area contributed by atoms with E-state index in [1.807, 2.05) is 6.92 Å². The Balaban J connectivity index is 1.61. The summed E-state index contributed by atoms with van der Waals surface area (Å²) in [5, 5.41) is 7.40. The highest BCUT2D eigenvalue weighted by Gasteiger charge is 2.58. The average molecular weight is 558 g/mol. The van der Waals surface area contributed by atoms with Gasteiger partial charge in [-0.05, 0) is 25.8 Å². The number of imidazole rings is 1. The number of hydrogen-bond donors (Lipinski definition) is 1. The molecule has 0 spiro atoms. The van der Waals surface area contributed by atoms with E-state index in [-0.39, 0.29) is 44.6 Å². The number of nitrogens with one attached hydrogen (secondary N) is 1. The molecule has 10 nitrogen and oxygen atoms in total. The molecule has 1 fully saturated rings. The van der Waals surface area contributed by atoms with E-state index in [0.29, 0.717) is 0 Å². The summed E-state index contributed by atoms with van der Waals surface area (Å²) in [6.45, 7) is 1.59. The molecule has 0 aromatic carbocycles. The lowest BCUT2D eigenvalue weighted by molar-refractivity contribution is -0.290. The van der Waals surface area contributed by atoms with Crippen LogP contribution in [0.1, 0.15) is 37.2 Å². The molecular formula is C22H20F5N7O3S. The first-order chi connectivity index (χ1) is 17.9. The van der Waals surface area contributed by atoms with Crippen LogP contribution in [0.3, 0.4) is 0 Å².